The van der Waals surface area contributed by atoms with Crippen molar-refractivity contribution in [2.45, 2.75) is 62.6 Å². The summed E-state index contributed by atoms with van der Waals surface area (Å²) in [6, 6.07) is 1.27. The molecular weight excluding hydrogens is 252 g/mol. The van der Waals surface area contributed by atoms with Crippen LogP contribution in [-0.4, -0.2) is 61.0 Å². The average molecular weight is 282 g/mol. The van der Waals surface area contributed by atoms with Crippen molar-refractivity contribution in [3.63, 3.8) is 0 Å². The summed E-state index contributed by atoms with van der Waals surface area (Å²) in [5.41, 5.74) is -0.00500. The molecule has 0 heterocycles. The Hall–Kier alpha value is -0.160. The largest absolute Gasteiger partial charge is 0.394 e. The third-order valence-electron chi connectivity index (χ3n) is 5.23. The van der Waals surface area contributed by atoms with E-state index in [2.05, 4.69) is 17.3 Å². The first-order chi connectivity index (χ1) is 9.71. The van der Waals surface area contributed by atoms with Gasteiger partial charge in [-0.05, 0) is 57.9 Å². The van der Waals surface area contributed by atoms with Gasteiger partial charge in [-0.1, -0.05) is 0 Å². The summed E-state index contributed by atoms with van der Waals surface area (Å²) < 4.78 is 5.73. The monoisotopic (exact) mass is 282 g/mol. The number of nitrogens with one attached hydrogen (secondary N) is 1. The van der Waals surface area contributed by atoms with E-state index in [4.69, 9.17) is 4.74 Å². The lowest BCUT2D eigenvalue weighted by Crippen LogP contribution is -2.49. The fourth-order valence-corrected chi connectivity index (χ4v) is 3.38. The lowest BCUT2D eigenvalue weighted by Gasteiger charge is -2.31. The van der Waals surface area contributed by atoms with Gasteiger partial charge in [0, 0.05) is 30.8 Å². The lowest BCUT2D eigenvalue weighted by molar-refractivity contribution is 0.0880. The van der Waals surface area contributed by atoms with Crippen LogP contribution in [-0.2, 0) is 4.74 Å². The van der Waals surface area contributed by atoms with Crippen molar-refractivity contribution in [3.05, 3.63) is 0 Å². The molecule has 4 nitrogen and oxygen atoms in total. The molecule has 3 saturated carbocycles. The fourth-order valence-electron chi connectivity index (χ4n) is 3.38. The molecule has 116 valence electrons. The van der Waals surface area contributed by atoms with Crippen LogP contribution in [0.5, 0.6) is 0 Å². The Bertz CT molecular complexity index is 318. The Balaban J connectivity index is 1.37. The first-order valence-corrected chi connectivity index (χ1v) is 8.37. The minimum Gasteiger partial charge on any atom is -0.394 e. The van der Waals surface area contributed by atoms with Crippen LogP contribution in [0.4, 0.5) is 0 Å². The van der Waals surface area contributed by atoms with Crippen LogP contribution < -0.4 is 5.32 Å². The minimum atomic E-state index is -0.00500. The van der Waals surface area contributed by atoms with Crippen LogP contribution in [0.3, 0.4) is 0 Å². The molecule has 3 aliphatic rings. The van der Waals surface area contributed by atoms with Gasteiger partial charge in [0.15, 0.2) is 0 Å². The number of aliphatic hydroxyl groups excluding tert-OH is 1. The number of likely N-dealkylation sites (N-methyl/N-ethyl adjacent to an activating group) is 1. The van der Waals surface area contributed by atoms with E-state index in [1.54, 1.807) is 0 Å². The van der Waals surface area contributed by atoms with Gasteiger partial charge < -0.3 is 20.1 Å². The van der Waals surface area contributed by atoms with E-state index in [9.17, 15) is 5.11 Å². The van der Waals surface area contributed by atoms with Crippen molar-refractivity contribution in [2.75, 3.05) is 33.4 Å². The first kappa shape index (κ1) is 14.8. The molecule has 3 aliphatic carbocycles. The predicted molar refractivity (Wildman–Crippen MR) is 79.8 cm³/mol. The maximum absolute atomic E-state index is 9.77. The zero-order chi connectivity index (χ0) is 14.0. The number of aliphatic hydroxyl groups is 1. The third-order valence-corrected chi connectivity index (χ3v) is 5.23. The first-order valence-electron chi connectivity index (χ1n) is 8.37. The van der Waals surface area contributed by atoms with Gasteiger partial charge in [-0.25, -0.2) is 0 Å². The molecule has 2 atom stereocenters. The molecule has 3 rings (SSSR count). The minimum absolute atomic E-state index is 0.00500. The topological polar surface area (TPSA) is 44.7 Å². The summed E-state index contributed by atoms with van der Waals surface area (Å²) in [6.07, 6.45) is 8.69. The van der Waals surface area contributed by atoms with E-state index in [0.29, 0.717) is 12.1 Å². The van der Waals surface area contributed by atoms with Gasteiger partial charge >= 0.3 is 0 Å². The van der Waals surface area contributed by atoms with Gasteiger partial charge in [-0.3, -0.25) is 0 Å². The van der Waals surface area contributed by atoms with Crippen LogP contribution in [0.15, 0.2) is 0 Å². The summed E-state index contributed by atoms with van der Waals surface area (Å²) in [4.78, 5) is 2.43. The summed E-state index contributed by atoms with van der Waals surface area (Å²) in [6.45, 7) is 3.11. The average Bonchev–Trinajstić information content (AvgIpc) is 3.36. The molecular formula is C16H30N2O2. The van der Waals surface area contributed by atoms with E-state index >= 15 is 0 Å². The second-order valence-electron chi connectivity index (χ2n) is 7.25. The second kappa shape index (κ2) is 6.30. The molecule has 0 bridgehead atoms. The molecule has 20 heavy (non-hydrogen) atoms. The molecule has 0 amide bonds. The van der Waals surface area contributed by atoms with Crippen LogP contribution in [0, 0.1) is 5.92 Å². The van der Waals surface area contributed by atoms with Crippen molar-refractivity contribution in [1.29, 1.82) is 0 Å². The molecule has 3 fully saturated rings. The highest BCUT2D eigenvalue weighted by atomic mass is 16.5. The predicted octanol–water partition coefficient (Wildman–Crippen LogP) is 1.38. The standard InChI is InChI=1S/C16H30N2O2/c1-18(8-9-20-11-13-2-3-13)15-6-7-16(10-15,12-19)17-14-4-5-14/h13-15,17,19H,2-12H2,1H3. The second-order valence-corrected chi connectivity index (χ2v) is 7.25. The van der Waals surface area contributed by atoms with Gasteiger partial charge in [-0.2, -0.15) is 0 Å². The Labute approximate surface area is 122 Å². The Morgan fingerprint density at radius 3 is 2.70 bits per heavy atom. The molecule has 0 saturated heterocycles. The van der Waals surface area contributed by atoms with Crippen LogP contribution in [0.1, 0.15) is 44.9 Å². The van der Waals surface area contributed by atoms with E-state index < -0.39 is 0 Å². The van der Waals surface area contributed by atoms with Gasteiger partial charge in [0.25, 0.3) is 0 Å². The Kier molecular flexibility index (Phi) is 4.65. The van der Waals surface area contributed by atoms with E-state index in [1.807, 2.05) is 0 Å². The molecule has 0 aromatic rings. The summed E-state index contributed by atoms with van der Waals surface area (Å²) in [7, 11) is 2.20. The van der Waals surface area contributed by atoms with Gasteiger partial charge in [-0.15, -0.1) is 0 Å². The fraction of sp³-hybridized carbons (Fsp3) is 1.00. The van der Waals surface area contributed by atoms with Crippen LogP contribution in [0.25, 0.3) is 0 Å². The summed E-state index contributed by atoms with van der Waals surface area (Å²) >= 11 is 0. The summed E-state index contributed by atoms with van der Waals surface area (Å²) in [5, 5.41) is 13.5. The molecule has 2 N–H and O–H groups in total. The SMILES string of the molecule is CN(CCOCC1CC1)C1CCC(CO)(NC2CC2)C1. The van der Waals surface area contributed by atoms with Crippen LogP contribution in [0.2, 0.25) is 0 Å². The molecule has 2 unspecified atom stereocenters. The zero-order valence-electron chi connectivity index (χ0n) is 12.8. The molecule has 0 spiro atoms. The van der Waals surface area contributed by atoms with E-state index in [0.717, 1.165) is 38.5 Å². The van der Waals surface area contributed by atoms with Crippen molar-refractivity contribution in [3.8, 4) is 0 Å². The maximum atomic E-state index is 9.77. The number of hydrogen-bond donors (Lipinski definition) is 2. The van der Waals surface area contributed by atoms with Gasteiger partial charge in [0.2, 0.25) is 0 Å². The van der Waals surface area contributed by atoms with Crippen molar-refractivity contribution in [1.82, 2.24) is 10.2 Å². The van der Waals surface area contributed by atoms with Gasteiger partial charge in [0.1, 0.15) is 0 Å². The molecule has 0 aromatic heterocycles. The van der Waals surface area contributed by atoms with Crippen molar-refractivity contribution in [2.24, 2.45) is 5.92 Å². The van der Waals surface area contributed by atoms with E-state index in [-0.39, 0.29) is 12.1 Å². The van der Waals surface area contributed by atoms with Crippen molar-refractivity contribution < 1.29 is 9.84 Å². The quantitative estimate of drug-likeness (QED) is 0.627. The highest BCUT2D eigenvalue weighted by molar-refractivity contribution is 5.02. The number of rotatable bonds is 9. The third kappa shape index (κ3) is 3.94. The Morgan fingerprint density at radius 1 is 1.25 bits per heavy atom. The van der Waals surface area contributed by atoms with Crippen LogP contribution >= 0.6 is 0 Å². The lowest BCUT2D eigenvalue weighted by atomic mass is 9.98. The van der Waals surface area contributed by atoms with Gasteiger partial charge in [0.05, 0.1) is 13.2 Å². The highest BCUT2D eigenvalue weighted by Crippen LogP contribution is 2.35. The van der Waals surface area contributed by atoms with Crippen molar-refractivity contribution >= 4 is 0 Å². The molecule has 0 radical (unpaired) electrons. The maximum Gasteiger partial charge on any atom is 0.0614 e. The van der Waals surface area contributed by atoms with E-state index in [1.165, 1.54) is 32.1 Å². The zero-order valence-corrected chi connectivity index (χ0v) is 12.8. The smallest absolute Gasteiger partial charge is 0.0614 e. The summed E-state index contributed by atoms with van der Waals surface area (Å²) in [5.74, 6) is 0.858. The molecule has 0 aromatic carbocycles. The number of hydrogen-bond acceptors (Lipinski definition) is 4. The number of nitrogens with zero attached hydrogens (tertiary/aromatic N) is 1. The molecule has 0 aliphatic heterocycles. The molecule has 4 heteroatoms. The normalized spacial score (nSPS) is 34.0. The number of ether oxygens (including phenoxy) is 1. The highest BCUT2D eigenvalue weighted by Gasteiger charge is 2.42. The Morgan fingerprint density at radius 2 is 2.05 bits per heavy atom.